The van der Waals surface area contributed by atoms with Crippen LogP contribution in [0.2, 0.25) is 0 Å². The SMILES string of the molecule is Cc1ccc(NC(=O)c2ccc3[nH]ccc3c2)c(Br)c1. The van der Waals surface area contributed by atoms with Crippen LogP contribution in [0.15, 0.2) is 53.1 Å². The summed E-state index contributed by atoms with van der Waals surface area (Å²) >= 11 is 3.46. The average Bonchev–Trinajstić information content (AvgIpc) is 2.89. The standard InChI is InChI=1S/C16H13BrN2O/c1-10-2-4-15(13(17)8-10)19-16(20)12-3-5-14-11(9-12)6-7-18-14/h2-9,18H,1H3,(H,19,20). The van der Waals surface area contributed by atoms with Gasteiger partial charge >= 0.3 is 0 Å². The van der Waals surface area contributed by atoms with Crippen molar-refractivity contribution < 1.29 is 4.79 Å². The van der Waals surface area contributed by atoms with E-state index in [0.717, 1.165) is 26.6 Å². The van der Waals surface area contributed by atoms with E-state index in [2.05, 4.69) is 26.2 Å². The van der Waals surface area contributed by atoms with Crippen molar-refractivity contribution in [1.29, 1.82) is 0 Å². The fourth-order valence-electron chi connectivity index (χ4n) is 2.11. The number of carbonyl (C=O) groups is 1. The zero-order valence-electron chi connectivity index (χ0n) is 10.9. The molecule has 0 aliphatic heterocycles. The van der Waals surface area contributed by atoms with Gasteiger partial charge in [0.05, 0.1) is 5.69 Å². The Morgan fingerprint density at radius 1 is 1.15 bits per heavy atom. The van der Waals surface area contributed by atoms with Crippen LogP contribution in [0.3, 0.4) is 0 Å². The minimum Gasteiger partial charge on any atom is -0.361 e. The molecule has 4 heteroatoms. The molecule has 0 spiro atoms. The molecule has 0 radical (unpaired) electrons. The maximum Gasteiger partial charge on any atom is 0.255 e. The number of H-pyrrole nitrogens is 1. The lowest BCUT2D eigenvalue weighted by Gasteiger charge is -2.08. The number of hydrogen-bond acceptors (Lipinski definition) is 1. The molecule has 0 bridgehead atoms. The number of anilines is 1. The molecule has 0 fully saturated rings. The van der Waals surface area contributed by atoms with Crippen molar-refractivity contribution in [2.75, 3.05) is 5.32 Å². The maximum absolute atomic E-state index is 12.3. The normalized spacial score (nSPS) is 10.7. The van der Waals surface area contributed by atoms with Gasteiger partial charge in [-0.25, -0.2) is 0 Å². The topological polar surface area (TPSA) is 44.9 Å². The fraction of sp³-hybridized carbons (Fsp3) is 0.0625. The molecule has 3 nitrogen and oxygen atoms in total. The highest BCUT2D eigenvalue weighted by molar-refractivity contribution is 9.10. The molecular formula is C16H13BrN2O. The second-order valence-electron chi connectivity index (χ2n) is 4.72. The maximum atomic E-state index is 12.3. The number of halogens is 1. The van der Waals surface area contributed by atoms with Gasteiger partial charge in [-0.1, -0.05) is 6.07 Å². The quantitative estimate of drug-likeness (QED) is 0.715. The Labute approximate surface area is 125 Å². The van der Waals surface area contributed by atoms with Gasteiger partial charge in [0.1, 0.15) is 0 Å². The van der Waals surface area contributed by atoms with Crippen molar-refractivity contribution in [2.45, 2.75) is 6.92 Å². The Morgan fingerprint density at radius 3 is 2.80 bits per heavy atom. The summed E-state index contributed by atoms with van der Waals surface area (Å²) in [7, 11) is 0. The zero-order chi connectivity index (χ0) is 14.1. The molecule has 1 aromatic heterocycles. The van der Waals surface area contributed by atoms with E-state index in [1.807, 2.05) is 55.6 Å². The highest BCUT2D eigenvalue weighted by Gasteiger charge is 2.09. The highest BCUT2D eigenvalue weighted by atomic mass is 79.9. The van der Waals surface area contributed by atoms with E-state index in [4.69, 9.17) is 0 Å². The second kappa shape index (κ2) is 5.13. The van der Waals surface area contributed by atoms with Gasteiger partial charge < -0.3 is 10.3 Å². The number of fused-ring (bicyclic) bond motifs is 1. The van der Waals surface area contributed by atoms with Crippen LogP contribution >= 0.6 is 15.9 Å². The van der Waals surface area contributed by atoms with Crippen LogP contribution in [-0.4, -0.2) is 10.9 Å². The van der Waals surface area contributed by atoms with Gasteiger partial charge in [0.15, 0.2) is 0 Å². The summed E-state index contributed by atoms with van der Waals surface area (Å²) < 4.78 is 0.883. The van der Waals surface area contributed by atoms with E-state index in [1.165, 1.54) is 0 Å². The van der Waals surface area contributed by atoms with Crippen LogP contribution in [0, 0.1) is 6.92 Å². The van der Waals surface area contributed by atoms with Gasteiger partial charge in [-0.2, -0.15) is 0 Å². The second-order valence-corrected chi connectivity index (χ2v) is 5.57. The number of nitrogens with one attached hydrogen (secondary N) is 2. The summed E-state index contributed by atoms with van der Waals surface area (Å²) in [4.78, 5) is 15.4. The Kier molecular flexibility index (Phi) is 3.32. The summed E-state index contributed by atoms with van der Waals surface area (Å²) in [5, 5.41) is 3.94. The van der Waals surface area contributed by atoms with E-state index in [-0.39, 0.29) is 5.91 Å². The van der Waals surface area contributed by atoms with E-state index < -0.39 is 0 Å². The van der Waals surface area contributed by atoms with E-state index in [0.29, 0.717) is 5.56 Å². The number of rotatable bonds is 2. The third kappa shape index (κ3) is 2.47. The van der Waals surface area contributed by atoms with Crippen LogP contribution < -0.4 is 5.32 Å². The first-order valence-electron chi connectivity index (χ1n) is 6.28. The van der Waals surface area contributed by atoms with Crippen LogP contribution in [0.5, 0.6) is 0 Å². The molecule has 3 aromatic rings. The molecule has 3 rings (SSSR count). The minimum absolute atomic E-state index is 0.113. The number of aryl methyl sites for hydroxylation is 1. The molecule has 2 N–H and O–H groups in total. The first-order valence-corrected chi connectivity index (χ1v) is 7.07. The first kappa shape index (κ1) is 12.9. The van der Waals surface area contributed by atoms with Crippen molar-refractivity contribution in [1.82, 2.24) is 4.98 Å². The molecule has 0 saturated carbocycles. The van der Waals surface area contributed by atoms with Crippen LogP contribution in [-0.2, 0) is 0 Å². The number of aromatic amines is 1. The van der Waals surface area contributed by atoms with Crippen LogP contribution in [0.4, 0.5) is 5.69 Å². The molecule has 20 heavy (non-hydrogen) atoms. The Hall–Kier alpha value is -2.07. The molecule has 1 heterocycles. The monoisotopic (exact) mass is 328 g/mol. The third-order valence-corrected chi connectivity index (χ3v) is 3.84. The Balaban J connectivity index is 1.88. The van der Waals surface area contributed by atoms with Crippen LogP contribution in [0.25, 0.3) is 10.9 Å². The predicted octanol–water partition coefficient (Wildman–Crippen LogP) is 4.49. The van der Waals surface area contributed by atoms with Crippen molar-refractivity contribution in [3.05, 3.63) is 64.3 Å². The number of benzene rings is 2. The zero-order valence-corrected chi connectivity index (χ0v) is 12.5. The van der Waals surface area contributed by atoms with Crippen molar-refractivity contribution in [3.63, 3.8) is 0 Å². The summed E-state index contributed by atoms with van der Waals surface area (Å²) in [6, 6.07) is 13.4. The number of hydrogen-bond donors (Lipinski definition) is 2. The Morgan fingerprint density at radius 2 is 2.00 bits per heavy atom. The van der Waals surface area contributed by atoms with Gasteiger partial charge in [-0.15, -0.1) is 0 Å². The van der Waals surface area contributed by atoms with E-state index >= 15 is 0 Å². The summed E-state index contributed by atoms with van der Waals surface area (Å²) in [6.45, 7) is 2.01. The first-order chi connectivity index (χ1) is 9.63. The van der Waals surface area contributed by atoms with Gasteiger partial charge in [0.25, 0.3) is 5.91 Å². The van der Waals surface area contributed by atoms with Crippen molar-refractivity contribution in [3.8, 4) is 0 Å². The molecule has 100 valence electrons. The van der Waals surface area contributed by atoms with Crippen molar-refractivity contribution >= 4 is 38.4 Å². The lowest BCUT2D eigenvalue weighted by Crippen LogP contribution is -2.12. The summed E-state index contributed by atoms with van der Waals surface area (Å²) in [6.07, 6.45) is 1.86. The molecule has 0 saturated heterocycles. The minimum atomic E-state index is -0.113. The van der Waals surface area contributed by atoms with E-state index in [1.54, 1.807) is 0 Å². The molecule has 0 unspecified atom stereocenters. The molecule has 2 aromatic carbocycles. The number of amides is 1. The number of aromatic nitrogens is 1. The lowest BCUT2D eigenvalue weighted by atomic mass is 10.1. The summed E-state index contributed by atoms with van der Waals surface area (Å²) in [5.41, 5.74) is 3.58. The average molecular weight is 329 g/mol. The van der Waals surface area contributed by atoms with Gasteiger partial charge in [-0.05, 0) is 64.8 Å². The molecular weight excluding hydrogens is 316 g/mol. The van der Waals surface area contributed by atoms with Gasteiger partial charge in [0.2, 0.25) is 0 Å². The largest absolute Gasteiger partial charge is 0.361 e. The molecule has 1 amide bonds. The molecule has 0 aliphatic rings. The summed E-state index contributed by atoms with van der Waals surface area (Å²) in [5.74, 6) is -0.113. The smallest absolute Gasteiger partial charge is 0.255 e. The van der Waals surface area contributed by atoms with Crippen LogP contribution in [0.1, 0.15) is 15.9 Å². The predicted molar refractivity (Wildman–Crippen MR) is 85.1 cm³/mol. The highest BCUT2D eigenvalue weighted by Crippen LogP contribution is 2.24. The third-order valence-electron chi connectivity index (χ3n) is 3.19. The van der Waals surface area contributed by atoms with Gasteiger partial charge in [-0.3, -0.25) is 4.79 Å². The van der Waals surface area contributed by atoms with Gasteiger partial charge in [0, 0.05) is 27.1 Å². The molecule has 0 aliphatic carbocycles. The fourth-order valence-corrected chi connectivity index (χ4v) is 2.70. The Bertz CT molecular complexity index is 792. The lowest BCUT2D eigenvalue weighted by molar-refractivity contribution is 0.102. The van der Waals surface area contributed by atoms with Crippen molar-refractivity contribution in [2.24, 2.45) is 0 Å². The number of carbonyl (C=O) groups excluding carboxylic acids is 1. The van der Waals surface area contributed by atoms with E-state index in [9.17, 15) is 4.79 Å². The molecule has 0 atom stereocenters.